The molecule has 33 heavy (non-hydrogen) atoms. The highest BCUT2D eigenvalue weighted by molar-refractivity contribution is 5.75. The fraction of sp³-hybridized carbons (Fsp3) is 0.375. The molecule has 0 saturated carbocycles. The minimum absolute atomic E-state index is 0.262. The van der Waals surface area contributed by atoms with Crippen molar-refractivity contribution in [3.05, 3.63) is 47.3 Å². The van der Waals surface area contributed by atoms with Gasteiger partial charge in [0.05, 0.1) is 5.56 Å². The quantitative estimate of drug-likeness (QED) is 0.561. The summed E-state index contributed by atoms with van der Waals surface area (Å²) in [5, 5.41) is 14.3. The Labute approximate surface area is 192 Å². The molecule has 2 aromatic heterocycles. The van der Waals surface area contributed by atoms with Gasteiger partial charge in [-0.05, 0) is 39.1 Å². The normalized spacial score (nSPS) is 19.2. The van der Waals surface area contributed by atoms with Crippen molar-refractivity contribution in [1.82, 2.24) is 19.7 Å². The average Bonchev–Trinajstić information content (AvgIpc) is 3.08. The third-order valence-electron chi connectivity index (χ3n) is 6.11. The zero-order valence-electron chi connectivity index (χ0n) is 19.1. The van der Waals surface area contributed by atoms with E-state index in [2.05, 4.69) is 27.1 Å². The third-order valence-corrected chi connectivity index (χ3v) is 6.11. The fourth-order valence-electron chi connectivity index (χ4n) is 4.56. The first-order valence-corrected chi connectivity index (χ1v) is 10.8. The van der Waals surface area contributed by atoms with Gasteiger partial charge >= 0.3 is 0 Å². The van der Waals surface area contributed by atoms with Crippen LogP contribution in [0, 0.1) is 18.3 Å². The van der Waals surface area contributed by atoms with Gasteiger partial charge in [0.1, 0.15) is 30.2 Å². The fourth-order valence-corrected chi connectivity index (χ4v) is 4.56. The zero-order valence-corrected chi connectivity index (χ0v) is 19.1. The number of ether oxygens (including phenoxy) is 3. The van der Waals surface area contributed by atoms with Gasteiger partial charge in [0, 0.05) is 37.5 Å². The molecule has 1 atom stereocenters. The Hall–Kier alpha value is -3.77. The maximum absolute atomic E-state index is 9.79. The number of nitrogens with zero attached hydrogens (tertiary/aromatic N) is 5. The van der Waals surface area contributed by atoms with Crippen molar-refractivity contribution < 1.29 is 14.2 Å². The summed E-state index contributed by atoms with van der Waals surface area (Å²) in [6.45, 7) is 5.67. The number of hydrogen-bond donors (Lipinski definition) is 1. The molecule has 1 spiro atoms. The second kappa shape index (κ2) is 7.67. The minimum Gasteiger partial charge on any atom is -0.482 e. The molecule has 5 rings (SSSR count). The van der Waals surface area contributed by atoms with Gasteiger partial charge in [-0.2, -0.15) is 5.26 Å². The van der Waals surface area contributed by atoms with Crippen LogP contribution in [0.3, 0.4) is 0 Å². The summed E-state index contributed by atoms with van der Waals surface area (Å²) >= 11 is 0. The number of nitrogens with two attached hydrogens (primary N) is 1. The number of aryl methyl sites for hydroxylation is 2. The summed E-state index contributed by atoms with van der Waals surface area (Å²) < 4.78 is 20.6. The summed E-state index contributed by atoms with van der Waals surface area (Å²) in [6, 6.07) is 10.1. The predicted molar refractivity (Wildman–Crippen MR) is 122 cm³/mol. The molecule has 0 amide bonds. The number of aromatic nitrogens is 3. The number of pyridine rings is 1. The number of likely N-dealkylation sites (N-methyl/N-ethyl adjacent to an activating group) is 1. The van der Waals surface area contributed by atoms with E-state index in [0.717, 1.165) is 16.9 Å². The molecule has 170 valence electrons. The number of nitriles is 1. The topological polar surface area (TPSA) is 111 Å². The van der Waals surface area contributed by atoms with E-state index in [9.17, 15) is 5.26 Å². The monoisotopic (exact) mass is 446 g/mol. The lowest BCUT2D eigenvalue weighted by atomic mass is 9.95. The van der Waals surface area contributed by atoms with Crippen molar-refractivity contribution in [2.45, 2.75) is 25.6 Å². The van der Waals surface area contributed by atoms with Gasteiger partial charge < -0.3 is 19.9 Å². The van der Waals surface area contributed by atoms with Crippen LogP contribution < -0.4 is 19.9 Å². The Morgan fingerprint density at radius 2 is 2.00 bits per heavy atom. The largest absolute Gasteiger partial charge is 0.482 e. The first kappa shape index (κ1) is 21.1. The van der Waals surface area contributed by atoms with Gasteiger partial charge in [-0.3, -0.25) is 9.58 Å². The Kier molecular flexibility index (Phi) is 4.91. The Morgan fingerprint density at radius 3 is 2.73 bits per heavy atom. The van der Waals surface area contributed by atoms with Crippen LogP contribution in [0.15, 0.2) is 30.5 Å². The summed E-state index contributed by atoms with van der Waals surface area (Å²) in [7, 11) is 3.75. The summed E-state index contributed by atoms with van der Waals surface area (Å²) in [5.41, 5.74) is 9.19. The van der Waals surface area contributed by atoms with Crippen LogP contribution in [0.4, 0.5) is 5.82 Å². The number of fused-ring (bicyclic) bond motifs is 5. The molecule has 2 aliphatic heterocycles. The maximum Gasteiger partial charge on any atom is 0.242 e. The maximum atomic E-state index is 9.79. The zero-order chi connectivity index (χ0) is 23.3. The van der Waals surface area contributed by atoms with E-state index in [4.69, 9.17) is 19.9 Å². The second-order valence-electron chi connectivity index (χ2n) is 8.92. The van der Waals surface area contributed by atoms with E-state index in [-0.39, 0.29) is 18.5 Å². The number of anilines is 1. The molecule has 0 radical (unpaired) electrons. The third kappa shape index (κ3) is 3.62. The van der Waals surface area contributed by atoms with E-state index in [1.165, 1.54) is 4.68 Å². The lowest BCUT2D eigenvalue weighted by molar-refractivity contribution is -0.0917. The predicted octanol–water partition coefficient (Wildman–Crippen LogP) is 2.84. The van der Waals surface area contributed by atoms with E-state index in [1.54, 1.807) is 19.3 Å². The molecule has 1 fully saturated rings. The molecule has 0 aliphatic carbocycles. The van der Waals surface area contributed by atoms with Crippen LogP contribution in [0.2, 0.25) is 0 Å². The molecule has 9 nitrogen and oxygen atoms in total. The summed E-state index contributed by atoms with van der Waals surface area (Å²) in [5.74, 6) is 1.77. The first-order valence-electron chi connectivity index (χ1n) is 10.8. The number of likely N-dealkylation sites (tertiary alicyclic amines) is 1. The molecular formula is C24H26N6O3. The molecule has 3 aromatic rings. The van der Waals surface area contributed by atoms with E-state index >= 15 is 0 Å². The number of benzene rings is 1. The van der Waals surface area contributed by atoms with Crippen LogP contribution >= 0.6 is 0 Å². The molecule has 9 heteroatoms. The minimum atomic E-state index is -0.552. The molecule has 1 aromatic carbocycles. The van der Waals surface area contributed by atoms with Gasteiger partial charge in [-0.1, -0.05) is 11.6 Å². The second-order valence-corrected chi connectivity index (χ2v) is 8.92. The molecule has 2 aliphatic rings. The smallest absolute Gasteiger partial charge is 0.242 e. The van der Waals surface area contributed by atoms with Crippen molar-refractivity contribution in [1.29, 1.82) is 5.26 Å². The van der Waals surface area contributed by atoms with Crippen molar-refractivity contribution in [2.24, 2.45) is 7.05 Å². The van der Waals surface area contributed by atoms with Gasteiger partial charge in [-0.15, -0.1) is 5.10 Å². The lowest BCUT2D eigenvalue weighted by Crippen LogP contribution is -2.66. The number of rotatable bonds is 0. The molecular weight excluding hydrogens is 420 g/mol. The lowest BCUT2D eigenvalue weighted by Gasteiger charge is -2.47. The number of hydrogen-bond acceptors (Lipinski definition) is 8. The highest BCUT2D eigenvalue weighted by Gasteiger charge is 2.45. The van der Waals surface area contributed by atoms with Crippen LogP contribution in [0.1, 0.15) is 29.8 Å². The Bertz CT molecular complexity index is 1270. The van der Waals surface area contributed by atoms with Gasteiger partial charge in [0.25, 0.3) is 0 Å². The molecule has 2 N–H and O–H groups in total. The van der Waals surface area contributed by atoms with Crippen molar-refractivity contribution >= 4 is 5.82 Å². The van der Waals surface area contributed by atoms with Gasteiger partial charge in [0.15, 0.2) is 17.2 Å². The van der Waals surface area contributed by atoms with Crippen LogP contribution in [-0.2, 0) is 7.05 Å². The molecule has 2 bridgehead atoms. The first-order chi connectivity index (χ1) is 15.8. The molecule has 0 unspecified atom stereocenters. The standard InChI is InChI=1S/C24H26N6O3/c1-14-5-6-19-17(7-14)15(2)32-20-8-16(10-27-22(20)26)21-18(9-25)30(4)28-23(21)31-13-24(33-19)11-29(3)12-24/h5-8,10,15H,11-13H2,1-4H3,(H2,26,27)/t15-/m1/s1. The van der Waals surface area contributed by atoms with Gasteiger partial charge in [-0.25, -0.2) is 4.98 Å². The van der Waals surface area contributed by atoms with Crippen molar-refractivity contribution in [3.8, 4) is 34.6 Å². The van der Waals surface area contributed by atoms with E-state index in [0.29, 0.717) is 41.5 Å². The van der Waals surface area contributed by atoms with Crippen molar-refractivity contribution in [2.75, 3.05) is 32.5 Å². The average molecular weight is 447 g/mol. The van der Waals surface area contributed by atoms with E-state index in [1.807, 2.05) is 33.0 Å². The molecule has 1 saturated heterocycles. The SMILES string of the molecule is Cc1ccc2c(c1)[C@@H](C)Oc1cc(cnc1N)-c1c(nn(C)c1C#N)OCC1(CN(C)C1)O2. The van der Waals surface area contributed by atoms with Gasteiger partial charge in [0.2, 0.25) is 5.88 Å². The van der Waals surface area contributed by atoms with Crippen LogP contribution in [0.25, 0.3) is 11.1 Å². The number of nitrogen functional groups attached to an aromatic ring is 1. The Balaban J connectivity index is 1.68. The highest BCUT2D eigenvalue weighted by Crippen LogP contribution is 2.40. The highest BCUT2D eigenvalue weighted by atomic mass is 16.6. The van der Waals surface area contributed by atoms with Crippen molar-refractivity contribution in [3.63, 3.8) is 0 Å². The van der Waals surface area contributed by atoms with E-state index < -0.39 is 5.60 Å². The Morgan fingerprint density at radius 1 is 1.21 bits per heavy atom. The summed E-state index contributed by atoms with van der Waals surface area (Å²) in [6.07, 6.45) is 1.26. The van der Waals surface area contributed by atoms with Crippen LogP contribution in [-0.4, -0.2) is 52.0 Å². The molecule has 4 heterocycles. The van der Waals surface area contributed by atoms with Crippen LogP contribution in [0.5, 0.6) is 17.4 Å². The summed E-state index contributed by atoms with van der Waals surface area (Å²) in [4.78, 5) is 6.49.